The number of benzene rings is 1. The average molecular weight is 267 g/mol. The van der Waals surface area contributed by atoms with Gasteiger partial charge in [-0.05, 0) is 12.5 Å². The molecule has 0 fully saturated rings. The molecule has 1 heterocycles. The quantitative estimate of drug-likeness (QED) is 0.668. The molecule has 0 radical (unpaired) electrons. The Morgan fingerprint density at radius 1 is 1.53 bits per heavy atom. The summed E-state index contributed by atoms with van der Waals surface area (Å²) in [5, 5.41) is 5.20. The minimum atomic E-state index is -0.263. The molecule has 0 unspecified atom stereocenters. The molecule has 0 saturated heterocycles. The summed E-state index contributed by atoms with van der Waals surface area (Å²) in [6, 6.07) is 7.67. The number of nitrogens with one attached hydrogen (secondary N) is 1. The van der Waals surface area contributed by atoms with Gasteiger partial charge in [0.05, 0.1) is 5.02 Å². The van der Waals surface area contributed by atoms with Crippen LogP contribution in [0.2, 0.25) is 5.02 Å². The van der Waals surface area contributed by atoms with E-state index in [1.54, 1.807) is 6.21 Å². The molecule has 17 heavy (non-hydrogen) atoms. The first-order chi connectivity index (χ1) is 8.24. The number of thiophene rings is 1. The van der Waals surface area contributed by atoms with Crippen molar-refractivity contribution >= 4 is 45.1 Å². The number of nitrogens with zero attached hydrogens (tertiary/aromatic N) is 1. The van der Waals surface area contributed by atoms with Crippen molar-refractivity contribution in [1.29, 1.82) is 0 Å². The summed E-state index contributed by atoms with van der Waals surface area (Å²) in [6.07, 6.45) is 2.42. The minimum Gasteiger partial charge on any atom is -0.266 e. The van der Waals surface area contributed by atoms with Gasteiger partial charge < -0.3 is 0 Å². The standard InChI is InChI=1S/C12H11ClN2OS/c1-2-7-14-15-12(16)11-10(13)8-5-3-4-6-9(8)17-11/h3-7H,2H2,1H3,(H,15,16). The molecule has 1 aromatic heterocycles. The van der Waals surface area contributed by atoms with Crippen molar-refractivity contribution in [3.63, 3.8) is 0 Å². The summed E-state index contributed by atoms with van der Waals surface area (Å²) in [7, 11) is 0. The molecule has 0 aliphatic rings. The van der Waals surface area contributed by atoms with Crippen molar-refractivity contribution < 1.29 is 4.79 Å². The van der Waals surface area contributed by atoms with Crippen LogP contribution >= 0.6 is 22.9 Å². The van der Waals surface area contributed by atoms with Crippen LogP contribution in [0.1, 0.15) is 23.0 Å². The van der Waals surface area contributed by atoms with Crippen molar-refractivity contribution in [3.05, 3.63) is 34.2 Å². The van der Waals surface area contributed by atoms with Crippen molar-refractivity contribution in [2.45, 2.75) is 13.3 Å². The van der Waals surface area contributed by atoms with Gasteiger partial charge >= 0.3 is 0 Å². The summed E-state index contributed by atoms with van der Waals surface area (Å²) in [6.45, 7) is 1.95. The third kappa shape index (κ3) is 2.48. The van der Waals surface area contributed by atoms with Crippen LogP contribution in [0.4, 0.5) is 0 Å². The lowest BCUT2D eigenvalue weighted by Crippen LogP contribution is -2.16. The fourth-order valence-corrected chi connectivity index (χ4v) is 2.81. The van der Waals surface area contributed by atoms with Gasteiger partial charge in [-0.25, -0.2) is 5.43 Å². The highest BCUT2D eigenvalue weighted by Crippen LogP contribution is 2.34. The van der Waals surface area contributed by atoms with Crippen LogP contribution in [0.3, 0.4) is 0 Å². The molecule has 88 valence electrons. The van der Waals surface area contributed by atoms with Gasteiger partial charge in [0.2, 0.25) is 0 Å². The maximum atomic E-state index is 11.8. The van der Waals surface area contributed by atoms with Crippen LogP contribution in [0.5, 0.6) is 0 Å². The minimum absolute atomic E-state index is 0.263. The van der Waals surface area contributed by atoms with E-state index in [0.29, 0.717) is 9.90 Å². The van der Waals surface area contributed by atoms with Crippen LogP contribution in [0, 0.1) is 0 Å². The first kappa shape index (κ1) is 12.1. The average Bonchev–Trinajstić information content (AvgIpc) is 2.68. The van der Waals surface area contributed by atoms with Crippen LogP contribution in [-0.4, -0.2) is 12.1 Å². The molecular weight excluding hydrogens is 256 g/mol. The first-order valence-corrected chi connectivity index (χ1v) is 6.42. The molecule has 2 rings (SSSR count). The number of fused-ring (bicyclic) bond motifs is 1. The molecule has 3 nitrogen and oxygen atoms in total. The molecule has 0 aliphatic carbocycles. The molecule has 5 heteroatoms. The lowest BCUT2D eigenvalue weighted by atomic mass is 10.2. The Morgan fingerprint density at radius 3 is 3.00 bits per heavy atom. The highest BCUT2D eigenvalue weighted by atomic mass is 35.5. The summed E-state index contributed by atoms with van der Waals surface area (Å²) in [5.41, 5.74) is 2.46. The van der Waals surface area contributed by atoms with Gasteiger partial charge in [0.15, 0.2) is 0 Å². The van der Waals surface area contributed by atoms with Gasteiger partial charge in [-0.1, -0.05) is 36.7 Å². The zero-order valence-electron chi connectivity index (χ0n) is 9.24. The number of amides is 1. The van der Waals surface area contributed by atoms with Gasteiger partial charge in [-0.2, -0.15) is 5.10 Å². The number of hydrogen-bond donors (Lipinski definition) is 1. The molecule has 0 aliphatic heterocycles. The molecular formula is C12H11ClN2OS. The summed E-state index contributed by atoms with van der Waals surface area (Å²) < 4.78 is 1.00. The molecule has 0 spiro atoms. The Morgan fingerprint density at radius 2 is 2.29 bits per heavy atom. The Bertz CT molecular complexity index is 577. The third-order valence-electron chi connectivity index (χ3n) is 2.18. The van der Waals surface area contributed by atoms with Crippen molar-refractivity contribution in [1.82, 2.24) is 5.43 Å². The Labute approximate surface area is 108 Å². The zero-order valence-corrected chi connectivity index (χ0v) is 10.8. The van der Waals surface area contributed by atoms with E-state index in [1.165, 1.54) is 11.3 Å². The molecule has 1 N–H and O–H groups in total. The predicted molar refractivity (Wildman–Crippen MR) is 73.1 cm³/mol. The van der Waals surface area contributed by atoms with Crippen molar-refractivity contribution in [3.8, 4) is 0 Å². The number of carbonyl (C=O) groups excluding carboxylic acids is 1. The molecule has 0 saturated carbocycles. The third-order valence-corrected chi connectivity index (χ3v) is 3.86. The van der Waals surface area contributed by atoms with E-state index in [-0.39, 0.29) is 5.91 Å². The van der Waals surface area contributed by atoms with E-state index in [9.17, 15) is 4.79 Å². The van der Waals surface area contributed by atoms with Gasteiger partial charge in [0.25, 0.3) is 5.91 Å². The van der Waals surface area contributed by atoms with E-state index in [1.807, 2.05) is 31.2 Å². The summed E-state index contributed by atoms with van der Waals surface area (Å²) in [5.74, 6) is -0.263. The number of rotatable bonds is 3. The van der Waals surface area contributed by atoms with E-state index in [2.05, 4.69) is 10.5 Å². The van der Waals surface area contributed by atoms with Crippen molar-refractivity contribution in [2.24, 2.45) is 5.10 Å². The monoisotopic (exact) mass is 266 g/mol. The van der Waals surface area contributed by atoms with Gasteiger partial charge in [-0.15, -0.1) is 11.3 Å². The second-order valence-electron chi connectivity index (χ2n) is 3.40. The highest BCUT2D eigenvalue weighted by Gasteiger charge is 2.15. The van der Waals surface area contributed by atoms with Gasteiger partial charge in [0.1, 0.15) is 4.88 Å². The molecule has 0 bridgehead atoms. The normalized spacial score (nSPS) is 11.2. The maximum absolute atomic E-state index is 11.8. The fourth-order valence-electron chi connectivity index (χ4n) is 1.41. The van der Waals surface area contributed by atoms with Gasteiger partial charge in [0, 0.05) is 16.3 Å². The Kier molecular flexibility index (Phi) is 3.76. The number of carbonyl (C=O) groups is 1. The second kappa shape index (κ2) is 5.29. The molecule has 1 aromatic carbocycles. The number of halogens is 1. The second-order valence-corrected chi connectivity index (χ2v) is 4.83. The predicted octanol–water partition coefficient (Wildman–Crippen LogP) is 3.68. The van der Waals surface area contributed by atoms with E-state index < -0.39 is 0 Å². The highest BCUT2D eigenvalue weighted by molar-refractivity contribution is 7.21. The lowest BCUT2D eigenvalue weighted by molar-refractivity contribution is 0.0959. The zero-order chi connectivity index (χ0) is 12.3. The van der Waals surface area contributed by atoms with E-state index in [0.717, 1.165) is 16.5 Å². The Balaban J connectivity index is 2.32. The smallest absolute Gasteiger partial charge is 0.266 e. The van der Waals surface area contributed by atoms with Crippen molar-refractivity contribution in [2.75, 3.05) is 0 Å². The number of hydrazone groups is 1. The topological polar surface area (TPSA) is 41.5 Å². The van der Waals surface area contributed by atoms with E-state index in [4.69, 9.17) is 11.6 Å². The molecule has 0 atom stereocenters. The van der Waals surface area contributed by atoms with Crippen LogP contribution in [0.15, 0.2) is 29.4 Å². The van der Waals surface area contributed by atoms with Crippen LogP contribution in [0.25, 0.3) is 10.1 Å². The Hall–Kier alpha value is -1.39. The summed E-state index contributed by atoms with van der Waals surface area (Å²) in [4.78, 5) is 12.3. The summed E-state index contributed by atoms with van der Waals surface area (Å²) >= 11 is 7.53. The SMILES string of the molecule is CCC=NNC(=O)c1sc2ccccc2c1Cl. The lowest BCUT2D eigenvalue weighted by Gasteiger charge is -1.96. The van der Waals surface area contributed by atoms with E-state index >= 15 is 0 Å². The fraction of sp³-hybridized carbons (Fsp3) is 0.167. The van der Waals surface area contributed by atoms with Gasteiger partial charge in [-0.3, -0.25) is 4.79 Å². The van der Waals surface area contributed by atoms with Crippen LogP contribution < -0.4 is 5.43 Å². The first-order valence-electron chi connectivity index (χ1n) is 5.23. The number of hydrogen-bond acceptors (Lipinski definition) is 3. The molecule has 1 amide bonds. The molecule has 2 aromatic rings. The maximum Gasteiger partial charge on any atom is 0.282 e. The largest absolute Gasteiger partial charge is 0.282 e. The van der Waals surface area contributed by atoms with Crippen LogP contribution in [-0.2, 0) is 0 Å².